The number of aromatic nitrogens is 2. The lowest BCUT2D eigenvalue weighted by atomic mass is 10.1. The Morgan fingerprint density at radius 3 is 2.80 bits per heavy atom. The first-order chi connectivity index (χ1) is 11.8. The molecule has 0 radical (unpaired) electrons. The van der Waals surface area contributed by atoms with E-state index in [-0.39, 0.29) is 28.0 Å². The molecule has 2 aromatic rings. The summed E-state index contributed by atoms with van der Waals surface area (Å²) < 4.78 is 33.5. The molecule has 2 heterocycles. The van der Waals surface area contributed by atoms with Crippen molar-refractivity contribution in [3.8, 4) is 5.75 Å². The molecular formula is C15H18N4O5S. The second kappa shape index (κ2) is 6.45. The van der Waals surface area contributed by atoms with Gasteiger partial charge in [0.15, 0.2) is 5.82 Å². The summed E-state index contributed by atoms with van der Waals surface area (Å²) in [4.78, 5) is 18.5. The summed E-state index contributed by atoms with van der Waals surface area (Å²) in [7, 11) is -2.50. The third-order valence-corrected chi connectivity index (χ3v) is 5.01. The van der Waals surface area contributed by atoms with Gasteiger partial charge in [-0.15, -0.1) is 0 Å². The van der Waals surface area contributed by atoms with Crippen molar-refractivity contribution in [1.29, 1.82) is 0 Å². The predicted molar refractivity (Wildman–Crippen MR) is 86.7 cm³/mol. The lowest BCUT2D eigenvalue weighted by molar-refractivity contribution is 0.0786. The fourth-order valence-corrected chi connectivity index (χ4v) is 3.37. The van der Waals surface area contributed by atoms with Gasteiger partial charge in [0.05, 0.1) is 23.5 Å². The first-order valence-electron chi connectivity index (χ1n) is 7.60. The highest BCUT2D eigenvalue weighted by Crippen LogP contribution is 2.30. The van der Waals surface area contributed by atoms with Crippen molar-refractivity contribution in [2.45, 2.75) is 24.2 Å². The second-order valence-corrected chi connectivity index (χ2v) is 7.39. The van der Waals surface area contributed by atoms with Crippen LogP contribution in [0.4, 0.5) is 0 Å². The molecule has 1 aromatic heterocycles. The van der Waals surface area contributed by atoms with Gasteiger partial charge in [-0.25, -0.2) is 13.6 Å². The van der Waals surface area contributed by atoms with Crippen molar-refractivity contribution >= 4 is 15.9 Å². The normalized spacial score (nSPS) is 17.7. The van der Waals surface area contributed by atoms with Gasteiger partial charge in [0.1, 0.15) is 5.75 Å². The fourth-order valence-electron chi connectivity index (χ4n) is 2.83. The van der Waals surface area contributed by atoms with Crippen LogP contribution in [-0.4, -0.2) is 49.6 Å². The Morgan fingerprint density at radius 1 is 1.44 bits per heavy atom. The molecule has 1 aliphatic rings. The quantitative estimate of drug-likeness (QED) is 0.841. The van der Waals surface area contributed by atoms with Gasteiger partial charge in [0, 0.05) is 13.1 Å². The Morgan fingerprint density at radius 2 is 2.20 bits per heavy atom. The molecule has 2 N–H and O–H groups in total. The topological polar surface area (TPSA) is 129 Å². The average molecular weight is 366 g/mol. The van der Waals surface area contributed by atoms with Crippen LogP contribution < -0.4 is 9.88 Å². The maximum atomic E-state index is 12.8. The summed E-state index contributed by atoms with van der Waals surface area (Å²) >= 11 is 0. The smallest absolute Gasteiger partial charge is 0.257 e. The highest BCUT2D eigenvalue weighted by Gasteiger charge is 2.32. The van der Waals surface area contributed by atoms with Crippen molar-refractivity contribution in [1.82, 2.24) is 15.0 Å². The van der Waals surface area contributed by atoms with Gasteiger partial charge in [-0.3, -0.25) is 4.79 Å². The number of sulfonamides is 1. The van der Waals surface area contributed by atoms with Crippen molar-refractivity contribution < 1.29 is 22.5 Å². The number of carbonyl (C=O) groups is 1. The van der Waals surface area contributed by atoms with Crippen LogP contribution in [0.3, 0.4) is 0 Å². The summed E-state index contributed by atoms with van der Waals surface area (Å²) in [6, 6.07) is 3.96. The molecular weight excluding hydrogens is 348 g/mol. The van der Waals surface area contributed by atoms with E-state index in [1.54, 1.807) is 11.8 Å². The molecule has 1 atom stereocenters. The zero-order chi connectivity index (χ0) is 18.2. The van der Waals surface area contributed by atoms with Gasteiger partial charge in [-0.1, -0.05) is 5.16 Å². The van der Waals surface area contributed by atoms with Crippen molar-refractivity contribution in [3.63, 3.8) is 0 Å². The maximum Gasteiger partial charge on any atom is 0.257 e. The Kier molecular flexibility index (Phi) is 4.48. The number of amides is 1. The Hall–Kier alpha value is -2.46. The standard InChI is InChI=1S/C15H18N4O5S/c1-9-17-14(24-18-9)10-5-6-19(8-10)15(20)12-7-11(25(16,21)22)3-4-13(12)23-2/h3-4,7,10H,5-6,8H2,1-2H3,(H2,16,21,22). The summed E-state index contributed by atoms with van der Waals surface area (Å²) in [5, 5.41) is 8.92. The largest absolute Gasteiger partial charge is 0.496 e. The number of nitrogens with zero attached hydrogens (tertiary/aromatic N) is 3. The zero-order valence-electron chi connectivity index (χ0n) is 13.8. The van der Waals surface area contributed by atoms with Crippen LogP contribution in [0.5, 0.6) is 5.75 Å². The number of likely N-dealkylation sites (tertiary alicyclic amines) is 1. The molecule has 1 amide bonds. The average Bonchev–Trinajstić information content (AvgIpc) is 3.21. The van der Waals surface area contributed by atoms with Crippen LogP contribution in [0.1, 0.15) is 34.4 Å². The Labute approximate surface area is 144 Å². The SMILES string of the molecule is COc1ccc(S(N)(=O)=O)cc1C(=O)N1CCC(c2nc(C)no2)C1. The molecule has 1 aliphatic heterocycles. The Bertz CT molecular complexity index is 908. The van der Waals surface area contributed by atoms with E-state index in [1.165, 1.54) is 25.3 Å². The van der Waals surface area contributed by atoms with Gasteiger partial charge in [-0.05, 0) is 31.5 Å². The van der Waals surface area contributed by atoms with Gasteiger partial charge in [0.25, 0.3) is 5.91 Å². The molecule has 25 heavy (non-hydrogen) atoms. The minimum Gasteiger partial charge on any atom is -0.496 e. The van der Waals surface area contributed by atoms with E-state index in [1.807, 2.05) is 0 Å². The van der Waals surface area contributed by atoms with Gasteiger partial charge in [0.2, 0.25) is 15.9 Å². The van der Waals surface area contributed by atoms with E-state index in [0.29, 0.717) is 31.2 Å². The lowest BCUT2D eigenvalue weighted by Gasteiger charge is -2.18. The van der Waals surface area contributed by atoms with Crippen LogP contribution in [-0.2, 0) is 10.0 Å². The number of methoxy groups -OCH3 is 1. The van der Waals surface area contributed by atoms with E-state index >= 15 is 0 Å². The number of ether oxygens (including phenoxy) is 1. The summed E-state index contributed by atoms with van der Waals surface area (Å²) in [5.74, 6) is 0.952. The molecule has 1 saturated heterocycles. The van der Waals surface area contributed by atoms with Gasteiger partial charge in [-0.2, -0.15) is 4.98 Å². The zero-order valence-corrected chi connectivity index (χ0v) is 14.6. The number of aryl methyl sites for hydroxylation is 1. The van der Waals surface area contributed by atoms with Crippen molar-refractivity contribution in [3.05, 3.63) is 35.5 Å². The maximum absolute atomic E-state index is 12.8. The summed E-state index contributed by atoms with van der Waals surface area (Å²) in [6.07, 6.45) is 0.685. The first-order valence-corrected chi connectivity index (χ1v) is 9.14. The van der Waals surface area contributed by atoms with Crippen LogP contribution in [0.25, 0.3) is 0 Å². The number of primary sulfonamides is 1. The lowest BCUT2D eigenvalue weighted by Crippen LogP contribution is -2.29. The molecule has 0 aliphatic carbocycles. The third-order valence-electron chi connectivity index (χ3n) is 4.10. The Balaban J connectivity index is 1.86. The second-order valence-electron chi connectivity index (χ2n) is 5.82. The molecule has 0 bridgehead atoms. The number of hydrogen-bond donors (Lipinski definition) is 1. The summed E-state index contributed by atoms with van der Waals surface area (Å²) in [6.45, 7) is 2.63. The molecule has 3 rings (SSSR count). The minimum absolute atomic E-state index is 0.0439. The van der Waals surface area contributed by atoms with E-state index in [2.05, 4.69) is 10.1 Å². The van der Waals surface area contributed by atoms with E-state index < -0.39 is 10.0 Å². The monoisotopic (exact) mass is 366 g/mol. The molecule has 10 heteroatoms. The molecule has 134 valence electrons. The fraction of sp³-hybridized carbons (Fsp3) is 0.400. The van der Waals surface area contributed by atoms with Crippen molar-refractivity contribution in [2.24, 2.45) is 5.14 Å². The number of nitrogens with two attached hydrogens (primary N) is 1. The number of benzene rings is 1. The third kappa shape index (κ3) is 3.49. The van der Waals surface area contributed by atoms with Crippen LogP contribution in [0.15, 0.2) is 27.6 Å². The molecule has 0 spiro atoms. The highest BCUT2D eigenvalue weighted by atomic mass is 32.2. The molecule has 1 aromatic carbocycles. The van der Waals surface area contributed by atoms with E-state index in [0.717, 1.165) is 0 Å². The van der Waals surface area contributed by atoms with Gasteiger partial charge < -0.3 is 14.2 Å². The molecule has 1 unspecified atom stereocenters. The van der Waals surface area contributed by atoms with Gasteiger partial charge >= 0.3 is 0 Å². The summed E-state index contributed by atoms with van der Waals surface area (Å²) in [5.41, 5.74) is 0.149. The minimum atomic E-state index is -3.92. The van der Waals surface area contributed by atoms with E-state index in [9.17, 15) is 13.2 Å². The van der Waals surface area contributed by atoms with Crippen molar-refractivity contribution in [2.75, 3.05) is 20.2 Å². The highest BCUT2D eigenvalue weighted by molar-refractivity contribution is 7.89. The molecule has 0 saturated carbocycles. The molecule has 9 nitrogen and oxygen atoms in total. The van der Waals surface area contributed by atoms with Crippen LogP contribution in [0.2, 0.25) is 0 Å². The number of hydrogen-bond acceptors (Lipinski definition) is 7. The first kappa shape index (κ1) is 17.4. The number of rotatable bonds is 4. The van der Waals surface area contributed by atoms with E-state index in [4.69, 9.17) is 14.4 Å². The molecule has 1 fully saturated rings. The number of carbonyl (C=O) groups excluding carboxylic acids is 1. The van der Waals surface area contributed by atoms with Crippen LogP contribution in [0, 0.1) is 6.92 Å². The van der Waals surface area contributed by atoms with Crippen LogP contribution >= 0.6 is 0 Å². The predicted octanol–water partition coefficient (Wildman–Crippen LogP) is 0.664.